The van der Waals surface area contributed by atoms with E-state index in [1.165, 1.54) is 23.9 Å². The SMILES string of the molecule is CCNC(C)(C#N)CSc1ccc([N+](=O)[O-])cc1. The lowest BCUT2D eigenvalue weighted by molar-refractivity contribution is -0.384. The Labute approximate surface area is 110 Å². The number of benzene rings is 1. The summed E-state index contributed by atoms with van der Waals surface area (Å²) in [6.07, 6.45) is 0. The zero-order valence-corrected chi connectivity index (χ0v) is 11.2. The maximum Gasteiger partial charge on any atom is 0.269 e. The molecule has 5 nitrogen and oxygen atoms in total. The van der Waals surface area contributed by atoms with Gasteiger partial charge in [-0.05, 0) is 25.6 Å². The number of nitrogens with one attached hydrogen (secondary N) is 1. The molecule has 6 heteroatoms. The highest BCUT2D eigenvalue weighted by Crippen LogP contribution is 2.24. The van der Waals surface area contributed by atoms with Crippen LogP contribution in [0.15, 0.2) is 29.2 Å². The summed E-state index contributed by atoms with van der Waals surface area (Å²) in [4.78, 5) is 11.0. The van der Waals surface area contributed by atoms with Crippen molar-refractivity contribution in [1.82, 2.24) is 5.32 Å². The summed E-state index contributed by atoms with van der Waals surface area (Å²) in [5, 5.41) is 22.7. The van der Waals surface area contributed by atoms with Crippen LogP contribution in [0.1, 0.15) is 13.8 Å². The lowest BCUT2D eigenvalue weighted by atomic mass is 10.1. The summed E-state index contributed by atoms with van der Waals surface area (Å²) in [6, 6.07) is 8.58. The molecule has 1 rings (SSSR count). The third-order valence-corrected chi connectivity index (χ3v) is 3.72. The van der Waals surface area contributed by atoms with E-state index in [9.17, 15) is 10.1 Å². The highest BCUT2D eigenvalue weighted by Gasteiger charge is 2.22. The van der Waals surface area contributed by atoms with Gasteiger partial charge in [0.2, 0.25) is 0 Å². The predicted molar refractivity (Wildman–Crippen MR) is 71.5 cm³/mol. The van der Waals surface area contributed by atoms with Crippen LogP contribution in [0.3, 0.4) is 0 Å². The summed E-state index contributed by atoms with van der Waals surface area (Å²) in [5.74, 6) is 0.592. The topological polar surface area (TPSA) is 79.0 Å². The molecule has 1 atom stereocenters. The minimum Gasteiger partial charge on any atom is -0.299 e. The Morgan fingerprint density at radius 1 is 1.50 bits per heavy atom. The third-order valence-electron chi connectivity index (χ3n) is 2.39. The second kappa shape index (κ2) is 6.38. The first-order chi connectivity index (χ1) is 8.50. The van der Waals surface area contributed by atoms with Crippen molar-refractivity contribution in [2.45, 2.75) is 24.3 Å². The molecule has 1 N–H and O–H groups in total. The van der Waals surface area contributed by atoms with Crippen LogP contribution in [0.4, 0.5) is 5.69 Å². The van der Waals surface area contributed by atoms with E-state index >= 15 is 0 Å². The Morgan fingerprint density at radius 3 is 2.56 bits per heavy atom. The van der Waals surface area contributed by atoms with Gasteiger partial charge in [-0.25, -0.2) is 0 Å². The molecule has 18 heavy (non-hydrogen) atoms. The van der Waals surface area contributed by atoms with E-state index in [0.717, 1.165) is 11.4 Å². The third kappa shape index (κ3) is 4.02. The van der Waals surface area contributed by atoms with E-state index in [-0.39, 0.29) is 5.69 Å². The second-order valence-electron chi connectivity index (χ2n) is 4.01. The van der Waals surface area contributed by atoms with E-state index in [1.807, 2.05) is 13.8 Å². The fraction of sp³-hybridized carbons (Fsp3) is 0.417. The smallest absolute Gasteiger partial charge is 0.269 e. The number of nitrogens with zero attached hydrogens (tertiary/aromatic N) is 2. The molecule has 1 unspecified atom stereocenters. The zero-order chi connectivity index (χ0) is 13.6. The summed E-state index contributed by atoms with van der Waals surface area (Å²) < 4.78 is 0. The van der Waals surface area contributed by atoms with Gasteiger partial charge in [-0.3, -0.25) is 15.4 Å². The number of hydrogen-bond acceptors (Lipinski definition) is 5. The molecule has 1 aromatic rings. The van der Waals surface area contributed by atoms with E-state index in [0.29, 0.717) is 5.75 Å². The van der Waals surface area contributed by atoms with Gasteiger partial charge in [0.1, 0.15) is 5.54 Å². The molecule has 0 aliphatic heterocycles. The standard InChI is InChI=1S/C12H15N3O2S/c1-3-14-12(2,8-13)9-18-11-6-4-10(5-7-11)15(16)17/h4-7,14H,3,9H2,1-2H3. The first-order valence-corrected chi connectivity index (χ1v) is 6.53. The molecule has 0 bridgehead atoms. The summed E-state index contributed by atoms with van der Waals surface area (Å²) in [6.45, 7) is 4.52. The number of hydrogen-bond donors (Lipinski definition) is 1. The molecule has 0 saturated heterocycles. The average Bonchev–Trinajstić information content (AvgIpc) is 2.37. The van der Waals surface area contributed by atoms with Gasteiger partial charge in [-0.15, -0.1) is 11.8 Å². The zero-order valence-electron chi connectivity index (χ0n) is 10.3. The Kier molecular flexibility index (Phi) is 5.13. The van der Waals surface area contributed by atoms with E-state index < -0.39 is 10.5 Å². The summed E-state index contributed by atoms with van der Waals surface area (Å²) in [5.41, 5.74) is -0.504. The minimum absolute atomic E-state index is 0.0779. The van der Waals surface area contributed by atoms with Gasteiger partial charge < -0.3 is 0 Å². The number of nitro groups is 1. The Morgan fingerprint density at radius 2 is 2.11 bits per heavy atom. The van der Waals surface area contributed by atoms with E-state index in [1.54, 1.807) is 12.1 Å². The Bertz CT molecular complexity index is 455. The second-order valence-corrected chi connectivity index (χ2v) is 5.06. The lowest BCUT2D eigenvalue weighted by Gasteiger charge is -2.21. The van der Waals surface area contributed by atoms with Crippen LogP contribution in [0, 0.1) is 21.4 Å². The Hall–Kier alpha value is -1.58. The van der Waals surface area contributed by atoms with Crippen molar-refractivity contribution in [2.75, 3.05) is 12.3 Å². The molecule has 0 aliphatic carbocycles. The fourth-order valence-electron chi connectivity index (χ4n) is 1.40. The van der Waals surface area contributed by atoms with Crippen molar-refractivity contribution >= 4 is 17.4 Å². The van der Waals surface area contributed by atoms with Crippen molar-refractivity contribution < 1.29 is 4.92 Å². The summed E-state index contributed by atoms with van der Waals surface area (Å²) in [7, 11) is 0. The van der Waals surface area contributed by atoms with Gasteiger partial charge >= 0.3 is 0 Å². The number of thioether (sulfide) groups is 1. The van der Waals surface area contributed by atoms with Crippen LogP contribution in [0.2, 0.25) is 0 Å². The molecule has 0 heterocycles. The van der Waals surface area contributed by atoms with E-state index in [4.69, 9.17) is 5.26 Å². The quantitative estimate of drug-likeness (QED) is 0.486. The van der Waals surface area contributed by atoms with Gasteiger partial charge in [-0.1, -0.05) is 6.92 Å². The number of nitro benzene ring substituents is 1. The first-order valence-electron chi connectivity index (χ1n) is 5.54. The number of rotatable bonds is 6. The van der Waals surface area contributed by atoms with Crippen molar-refractivity contribution in [1.29, 1.82) is 5.26 Å². The van der Waals surface area contributed by atoms with Crippen molar-refractivity contribution in [2.24, 2.45) is 0 Å². The molecule has 0 saturated carbocycles. The minimum atomic E-state index is -0.582. The average molecular weight is 265 g/mol. The van der Waals surface area contributed by atoms with Crippen LogP contribution in [-0.2, 0) is 0 Å². The molecule has 0 amide bonds. The van der Waals surface area contributed by atoms with Gasteiger partial charge in [0.15, 0.2) is 0 Å². The van der Waals surface area contributed by atoms with Crippen molar-refractivity contribution in [3.8, 4) is 6.07 Å². The molecule has 96 valence electrons. The molecule has 0 aromatic heterocycles. The molecular formula is C12H15N3O2S. The molecule has 0 fully saturated rings. The number of non-ortho nitro benzene ring substituents is 1. The van der Waals surface area contributed by atoms with Crippen molar-refractivity contribution in [3.05, 3.63) is 34.4 Å². The first kappa shape index (κ1) is 14.5. The van der Waals surface area contributed by atoms with Crippen LogP contribution in [0.5, 0.6) is 0 Å². The van der Waals surface area contributed by atoms with Crippen molar-refractivity contribution in [3.63, 3.8) is 0 Å². The maximum atomic E-state index is 10.5. The summed E-state index contributed by atoms with van der Waals surface area (Å²) >= 11 is 1.50. The van der Waals surface area contributed by atoms with Gasteiger partial charge in [0.25, 0.3) is 5.69 Å². The molecule has 1 aromatic carbocycles. The molecule has 0 radical (unpaired) electrons. The highest BCUT2D eigenvalue weighted by molar-refractivity contribution is 7.99. The molecule has 0 aliphatic rings. The fourth-order valence-corrected chi connectivity index (χ4v) is 2.36. The molecule has 0 spiro atoms. The monoisotopic (exact) mass is 265 g/mol. The van der Waals surface area contributed by atoms with Gasteiger partial charge in [0.05, 0.1) is 11.0 Å². The van der Waals surface area contributed by atoms with Crippen LogP contribution >= 0.6 is 11.8 Å². The van der Waals surface area contributed by atoms with E-state index in [2.05, 4.69) is 11.4 Å². The van der Waals surface area contributed by atoms with Crippen LogP contribution in [-0.4, -0.2) is 22.8 Å². The maximum absolute atomic E-state index is 10.5. The highest BCUT2D eigenvalue weighted by atomic mass is 32.2. The lowest BCUT2D eigenvalue weighted by Crippen LogP contribution is -2.43. The van der Waals surface area contributed by atoms with Gasteiger partial charge in [-0.2, -0.15) is 5.26 Å². The Balaban J connectivity index is 2.63. The van der Waals surface area contributed by atoms with Crippen LogP contribution in [0.25, 0.3) is 0 Å². The number of nitriles is 1. The molecular weight excluding hydrogens is 250 g/mol. The largest absolute Gasteiger partial charge is 0.299 e. The normalized spacial score (nSPS) is 13.6. The van der Waals surface area contributed by atoms with Crippen LogP contribution < -0.4 is 5.32 Å². The van der Waals surface area contributed by atoms with Gasteiger partial charge in [0, 0.05) is 22.8 Å². The predicted octanol–water partition coefficient (Wildman–Crippen LogP) is 2.58.